The zero-order valence-electron chi connectivity index (χ0n) is 16.2. The van der Waals surface area contributed by atoms with E-state index in [9.17, 15) is 9.59 Å². The van der Waals surface area contributed by atoms with Crippen molar-refractivity contribution in [3.8, 4) is 17.2 Å². The summed E-state index contributed by atoms with van der Waals surface area (Å²) >= 11 is 5.21. The summed E-state index contributed by atoms with van der Waals surface area (Å²) in [6.07, 6.45) is 1.50. The number of ether oxygens (including phenoxy) is 3. The lowest BCUT2D eigenvalue weighted by molar-refractivity contribution is -0.122. The maximum Gasteiger partial charge on any atom is 0.270 e. The van der Waals surface area contributed by atoms with Crippen LogP contribution in [0.25, 0.3) is 6.08 Å². The van der Waals surface area contributed by atoms with Crippen molar-refractivity contribution < 1.29 is 23.8 Å². The molecule has 2 aromatic rings. The molecule has 0 saturated carbocycles. The third kappa shape index (κ3) is 4.22. The summed E-state index contributed by atoms with van der Waals surface area (Å²) in [6, 6.07) is 12.0. The highest BCUT2D eigenvalue weighted by Gasteiger charge is 2.34. The van der Waals surface area contributed by atoms with Gasteiger partial charge in [0.05, 0.1) is 26.5 Å². The maximum absolute atomic E-state index is 13.1. The zero-order chi connectivity index (χ0) is 21.0. The topological polar surface area (TPSA) is 77.1 Å². The summed E-state index contributed by atoms with van der Waals surface area (Å²) in [5.74, 6) is 0.659. The molecule has 7 nitrogen and oxygen atoms in total. The monoisotopic (exact) mass is 412 g/mol. The first-order chi connectivity index (χ1) is 14.0. The minimum atomic E-state index is -0.557. The molecule has 8 heteroatoms. The van der Waals surface area contributed by atoms with Gasteiger partial charge in [0, 0.05) is 0 Å². The van der Waals surface area contributed by atoms with Crippen LogP contribution >= 0.6 is 12.2 Å². The Hall–Kier alpha value is -3.39. The highest BCUT2D eigenvalue weighted by molar-refractivity contribution is 7.80. The lowest BCUT2D eigenvalue weighted by Gasteiger charge is -2.29. The second-order valence-corrected chi connectivity index (χ2v) is 6.39. The average Bonchev–Trinajstić information content (AvgIpc) is 2.72. The molecule has 0 bridgehead atoms. The van der Waals surface area contributed by atoms with E-state index in [-0.39, 0.29) is 10.7 Å². The Morgan fingerprint density at radius 2 is 1.76 bits per heavy atom. The number of thiocarbonyl (C=S) groups is 1. The lowest BCUT2D eigenvalue weighted by Crippen LogP contribution is -2.54. The Morgan fingerprint density at radius 3 is 2.38 bits per heavy atom. The first-order valence-corrected chi connectivity index (χ1v) is 9.25. The molecular weight excluding hydrogens is 392 g/mol. The first kappa shape index (κ1) is 20.3. The lowest BCUT2D eigenvalue weighted by atomic mass is 10.1. The van der Waals surface area contributed by atoms with Gasteiger partial charge in [0.1, 0.15) is 11.3 Å². The van der Waals surface area contributed by atoms with E-state index in [1.165, 1.54) is 11.0 Å². The fraction of sp³-hybridized carbons (Fsp3) is 0.190. The van der Waals surface area contributed by atoms with Crippen LogP contribution in [0.1, 0.15) is 12.5 Å². The van der Waals surface area contributed by atoms with Gasteiger partial charge in [-0.05, 0) is 67.2 Å². The molecule has 0 aromatic heterocycles. The molecule has 0 radical (unpaired) electrons. The third-order valence-corrected chi connectivity index (χ3v) is 4.52. The summed E-state index contributed by atoms with van der Waals surface area (Å²) in [5, 5.41) is 2.58. The van der Waals surface area contributed by atoms with Gasteiger partial charge in [-0.15, -0.1) is 0 Å². The van der Waals surface area contributed by atoms with Crippen LogP contribution in [0.5, 0.6) is 17.2 Å². The van der Waals surface area contributed by atoms with Crippen LogP contribution in [-0.4, -0.2) is 37.8 Å². The molecule has 0 atom stereocenters. The summed E-state index contributed by atoms with van der Waals surface area (Å²) in [6.45, 7) is 2.31. The van der Waals surface area contributed by atoms with E-state index in [0.717, 1.165) is 0 Å². The van der Waals surface area contributed by atoms with E-state index >= 15 is 0 Å². The quantitative estimate of drug-likeness (QED) is 0.447. The van der Waals surface area contributed by atoms with Crippen LogP contribution in [0.3, 0.4) is 0 Å². The van der Waals surface area contributed by atoms with Gasteiger partial charge in [0.15, 0.2) is 16.6 Å². The van der Waals surface area contributed by atoms with Crippen LogP contribution < -0.4 is 24.4 Å². The van der Waals surface area contributed by atoms with E-state index in [1.54, 1.807) is 56.7 Å². The van der Waals surface area contributed by atoms with Crippen LogP contribution in [0.4, 0.5) is 5.69 Å². The van der Waals surface area contributed by atoms with Crippen LogP contribution in [-0.2, 0) is 9.59 Å². The highest BCUT2D eigenvalue weighted by Crippen LogP contribution is 2.30. The molecule has 3 rings (SSSR count). The molecule has 150 valence electrons. The summed E-state index contributed by atoms with van der Waals surface area (Å²) < 4.78 is 16.0. The van der Waals surface area contributed by atoms with Gasteiger partial charge in [-0.3, -0.25) is 19.8 Å². The average molecular weight is 412 g/mol. The van der Waals surface area contributed by atoms with E-state index in [0.29, 0.717) is 35.1 Å². The summed E-state index contributed by atoms with van der Waals surface area (Å²) in [7, 11) is 3.10. The number of carbonyl (C=O) groups excluding carboxylic acids is 2. The fourth-order valence-corrected chi connectivity index (χ4v) is 3.12. The van der Waals surface area contributed by atoms with Gasteiger partial charge < -0.3 is 14.2 Å². The molecule has 1 N–H and O–H groups in total. The van der Waals surface area contributed by atoms with E-state index in [1.807, 2.05) is 6.92 Å². The van der Waals surface area contributed by atoms with Crippen molar-refractivity contribution in [2.24, 2.45) is 0 Å². The van der Waals surface area contributed by atoms with Crippen molar-refractivity contribution in [3.05, 3.63) is 53.6 Å². The van der Waals surface area contributed by atoms with Crippen LogP contribution in [0.2, 0.25) is 0 Å². The molecular formula is C21H20N2O5S. The molecule has 29 heavy (non-hydrogen) atoms. The van der Waals surface area contributed by atoms with Crippen LogP contribution in [0.15, 0.2) is 48.0 Å². The SMILES string of the molecule is CCOc1cc(/C=C2/C(=O)NC(=S)N(c3ccc(OC)cc3)C2=O)ccc1OC. The van der Waals surface area contributed by atoms with Crippen molar-refractivity contribution in [1.29, 1.82) is 0 Å². The van der Waals surface area contributed by atoms with E-state index in [4.69, 9.17) is 26.4 Å². The molecule has 2 amide bonds. The molecule has 1 heterocycles. The largest absolute Gasteiger partial charge is 0.497 e. The number of methoxy groups -OCH3 is 2. The molecule has 1 aliphatic rings. The number of rotatable bonds is 6. The number of carbonyl (C=O) groups is 2. The van der Waals surface area contributed by atoms with Crippen molar-refractivity contribution in [3.63, 3.8) is 0 Å². The van der Waals surface area contributed by atoms with Crippen molar-refractivity contribution in [2.75, 3.05) is 25.7 Å². The summed E-state index contributed by atoms with van der Waals surface area (Å²) in [5.41, 5.74) is 1.11. The predicted octanol–water partition coefficient (Wildman–Crippen LogP) is 2.93. The molecule has 0 aliphatic carbocycles. The van der Waals surface area contributed by atoms with Gasteiger partial charge in [0.25, 0.3) is 11.8 Å². The first-order valence-electron chi connectivity index (χ1n) is 8.84. The van der Waals surface area contributed by atoms with Crippen molar-refractivity contribution in [2.45, 2.75) is 6.92 Å². The van der Waals surface area contributed by atoms with Gasteiger partial charge in [-0.25, -0.2) is 0 Å². The number of anilines is 1. The van der Waals surface area contributed by atoms with Crippen molar-refractivity contribution in [1.82, 2.24) is 5.32 Å². The minimum Gasteiger partial charge on any atom is -0.497 e. The number of nitrogens with one attached hydrogen (secondary N) is 1. The number of benzene rings is 2. The van der Waals surface area contributed by atoms with Crippen molar-refractivity contribution >= 4 is 40.9 Å². The molecule has 1 fully saturated rings. The highest BCUT2D eigenvalue weighted by atomic mass is 32.1. The smallest absolute Gasteiger partial charge is 0.270 e. The normalized spacial score (nSPS) is 15.3. The third-order valence-electron chi connectivity index (χ3n) is 4.23. The maximum atomic E-state index is 13.1. The van der Waals surface area contributed by atoms with Gasteiger partial charge in [-0.2, -0.15) is 0 Å². The molecule has 0 unspecified atom stereocenters. The van der Waals surface area contributed by atoms with Gasteiger partial charge in [-0.1, -0.05) is 6.07 Å². The molecule has 2 aromatic carbocycles. The number of hydrogen-bond donors (Lipinski definition) is 1. The van der Waals surface area contributed by atoms with Gasteiger partial charge >= 0.3 is 0 Å². The Morgan fingerprint density at radius 1 is 1.03 bits per heavy atom. The van der Waals surface area contributed by atoms with E-state index < -0.39 is 11.8 Å². The second-order valence-electron chi connectivity index (χ2n) is 6.00. The Bertz CT molecular complexity index is 985. The standard InChI is InChI=1S/C21H20N2O5S/c1-4-28-18-12-13(5-10-17(18)27-3)11-16-19(24)22-21(29)23(20(16)25)14-6-8-15(26-2)9-7-14/h5-12H,4H2,1-3H3,(H,22,24,29)/b16-11-. The predicted molar refractivity (Wildman–Crippen MR) is 113 cm³/mol. The molecule has 1 saturated heterocycles. The molecule has 1 aliphatic heterocycles. The number of nitrogens with zero attached hydrogens (tertiary/aromatic N) is 1. The number of hydrogen-bond acceptors (Lipinski definition) is 6. The Labute approximate surface area is 173 Å². The zero-order valence-corrected chi connectivity index (χ0v) is 17.0. The Balaban J connectivity index is 1.97. The van der Waals surface area contributed by atoms with Gasteiger partial charge in [0.2, 0.25) is 0 Å². The molecule has 0 spiro atoms. The van der Waals surface area contributed by atoms with Crippen LogP contribution in [0, 0.1) is 0 Å². The number of amides is 2. The second kappa shape index (κ2) is 8.74. The fourth-order valence-electron chi connectivity index (χ4n) is 2.84. The minimum absolute atomic E-state index is 0.0204. The van der Waals surface area contributed by atoms with E-state index in [2.05, 4.69) is 5.32 Å². The Kier molecular flexibility index (Phi) is 6.13. The summed E-state index contributed by atoms with van der Waals surface area (Å²) in [4.78, 5) is 26.8.